The van der Waals surface area contributed by atoms with Crippen molar-refractivity contribution in [1.82, 2.24) is 24.6 Å². The molecule has 0 aliphatic heterocycles. The molecule has 0 aliphatic carbocycles. The number of aromatic hydroxyl groups is 1. The van der Waals surface area contributed by atoms with Crippen molar-refractivity contribution in [1.29, 1.82) is 0 Å². The normalized spacial score (nSPS) is 11.7. The molecule has 4 aromatic rings. The van der Waals surface area contributed by atoms with Crippen LogP contribution in [-0.2, 0) is 0 Å². The molecule has 2 aromatic carbocycles. The first-order valence-corrected chi connectivity index (χ1v) is 6.90. The van der Waals surface area contributed by atoms with Crippen molar-refractivity contribution in [2.45, 2.75) is 0 Å². The molecule has 0 bridgehead atoms. The Labute approximate surface area is 134 Å². The molecule has 0 spiro atoms. The average Bonchev–Trinajstić information content (AvgIpc) is 2.97. The van der Waals surface area contributed by atoms with Gasteiger partial charge in [0.05, 0.1) is 0 Å². The van der Waals surface area contributed by atoms with Crippen molar-refractivity contribution >= 4 is 40.1 Å². The van der Waals surface area contributed by atoms with Crippen molar-refractivity contribution in [3.8, 4) is 5.75 Å². The lowest BCUT2D eigenvalue weighted by molar-refractivity contribution is 0.477. The molecule has 10 nitrogen and oxygen atoms in total. The number of nitrogens with two attached hydrogens (primary N) is 2. The van der Waals surface area contributed by atoms with Crippen LogP contribution in [0.4, 0.5) is 23.5 Å². The summed E-state index contributed by atoms with van der Waals surface area (Å²) in [6, 6.07) is 10.8. The van der Waals surface area contributed by atoms with E-state index in [0.29, 0.717) is 5.69 Å². The average molecular weight is 321 g/mol. The molecule has 0 fully saturated rings. The highest BCUT2D eigenvalue weighted by atomic mass is 16.3. The Hall–Kier alpha value is -3.82. The molecule has 0 radical (unpaired) electrons. The maximum atomic E-state index is 10.1. The van der Waals surface area contributed by atoms with Gasteiger partial charge in [0.25, 0.3) is 11.7 Å². The molecule has 118 valence electrons. The van der Waals surface area contributed by atoms with Gasteiger partial charge in [0.1, 0.15) is 11.4 Å². The number of hydrogen-bond acceptors (Lipinski definition) is 9. The molecule has 4 rings (SSSR count). The molecule has 0 atom stereocenters. The molecule has 24 heavy (non-hydrogen) atoms. The predicted octanol–water partition coefficient (Wildman–Crippen LogP) is 1.96. The molecule has 0 unspecified atom stereocenters. The minimum absolute atomic E-state index is 0.000243. The first-order valence-electron chi connectivity index (χ1n) is 6.90. The molecule has 2 heterocycles. The van der Waals surface area contributed by atoms with E-state index in [1.807, 2.05) is 24.3 Å². The van der Waals surface area contributed by atoms with E-state index in [1.54, 1.807) is 12.1 Å². The van der Waals surface area contributed by atoms with E-state index >= 15 is 0 Å². The smallest absolute Gasteiger partial charge is 0.278 e. The van der Waals surface area contributed by atoms with Gasteiger partial charge in [-0.3, -0.25) is 0 Å². The second kappa shape index (κ2) is 5.12. The van der Waals surface area contributed by atoms with Gasteiger partial charge >= 0.3 is 0 Å². The minimum Gasteiger partial charge on any atom is -0.506 e. The van der Waals surface area contributed by atoms with Gasteiger partial charge in [-0.25, -0.2) is 4.40 Å². The number of rotatable bonds is 2. The molecule has 2 aromatic heterocycles. The lowest BCUT2D eigenvalue weighted by Gasteiger charge is -2.03. The van der Waals surface area contributed by atoms with Crippen molar-refractivity contribution in [2.75, 3.05) is 11.5 Å². The quantitative estimate of drug-likeness (QED) is 0.477. The Bertz CT molecular complexity index is 1100. The van der Waals surface area contributed by atoms with E-state index in [1.165, 1.54) is 4.40 Å². The monoisotopic (exact) mass is 321 g/mol. The van der Waals surface area contributed by atoms with Crippen LogP contribution < -0.4 is 11.5 Å². The van der Waals surface area contributed by atoms with Crippen molar-refractivity contribution < 1.29 is 5.11 Å². The van der Waals surface area contributed by atoms with E-state index in [2.05, 4.69) is 30.4 Å². The molecule has 0 amide bonds. The zero-order valence-electron chi connectivity index (χ0n) is 12.2. The van der Waals surface area contributed by atoms with Crippen LogP contribution in [0.3, 0.4) is 0 Å². The van der Waals surface area contributed by atoms with Crippen LogP contribution >= 0.6 is 0 Å². The van der Waals surface area contributed by atoms with Crippen LogP contribution in [0, 0.1) is 0 Å². The Kier molecular flexibility index (Phi) is 2.95. The van der Waals surface area contributed by atoms with Crippen LogP contribution in [0.1, 0.15) is 0 Å². The number of fused-ring (bicyclic) bond motifs is 2. The highest BCUT2D eigenvalue weighted by molar-refractivity contribution is 5.95. The van der Waals surface area contributed by atoms with Gasteiger partial charge in [-0.1, -0.05) is 30.3 Å². The highest BCUT2D eigenvalue weighted by Crippen LogP contribution is 2.35. The number of anilines is 2. The number of nitrogens with zero attached hydrogens (tertiary/aromatic N) is 7. The van der Waals surface area contributed by atoms with E-state index in [-0.39, 0.29) is 29.4 Å². The fourth-order valence-corrected chi connectivity index (χ4v) is 2.35. The summed E-state index contributed by atoms with van der Waals surface area (Å²) >= 11 is 0. The third-order valence-electron chi connectivity index (χ3n) is 3.42. The number of benzene rings is 2. The van der Waals surface area contributed by atoms with Crippen LogP contribution in [-0.4, -0.2) is 29.7 Å². The summed E-state index contributed by atoms with van der Waals surface area (Å²) in [6.07, 6.45) is 0. The van der Waals surface area contributed by atoms with E-state index in [9.17, 15) is 5.11 Å². The van der Waals surface area contributed by atoms with Gasteiger partial charge in [0.2, 0.25) is 11.9 Å². The summed E-state index contributed by atoms with van der Waals surface area (Å²) in [4.78, 5) is 7.74. The third kappa shape index (κ3) is 2.13. The molecular weight excluding hydrogens is 310 g/mol. The maximum absolute atomic E-state index is 10.1. The molecule has 10 heteroatoms. The van der Waals surface area contributed by atoms with Crippen LogP contribution in [0.2, 0.25) is 0 Å². The molecule has 0 aliphatic rings. The lowest BCUT2D eigenvalue weighted by atomic mass is 10.1. The lowest BCUT2D eigenvalue weighted by Crippen LogP contribution is -2.05. The Morgan fingerprint density at radius 2 is 1.79 bits per heavy atom. The fraction of sp³-hybridized carbons (Fsp3) is 0. The zero-order chi connectivity index (χ0) is 16.7. The third-order valence-corrected chi connectivity index (χ3v) is 3.42. The van der Waals surface area contributed by atoms with Gasteiger partial charge in [0.15, 0.2) is 0 Å². The second-order valence-corrected chi connectivity index (χ2v) is 4.93. The van der Waals surface area contributed by atoms with Crippen LogP contribution in [0.25, 0.3) is 16.6 Å². The van der Waals surface area contributed by atoms with Crippen molar-refractivity contribution in [3.05, 3.63) is 36.4 Å². The van der Waals surface area contributed by atoms with Gasteiger partial charge in [-0.2, -0.15) is 9.97 Å². The number of phenols is 1. The number of aromatic nitrogens is 5. The highest BCUT2D eigenvalue weighted by Gasteiger charge is 2.12. The van der Waals surface area contributed by atoms with Gasteiger partial charge in [-0.15, -0.1) is 20.4 Å². The number of hydrogen-bond donors (Lipinski definition) is 3. The topological polar surface area (TPSA) is 153 Å². The Balaban J connectivity index is 1.86. The zero-order valence-corrected chi connectivity index (χ0v) is 12.2. The van der Waals surface area contributed by atoms with E-state index in [0.717, 1.165) is 10.8 Å². The van der Waals surface area contributed by atoms with Crippen LogP contribution in [0.5, 0.6) is 5.75 Å². The standard InChI is InChI=1S/C14H11N9O/c15-11-17-12(16)23-13(18-11)20-22-14(23)21-19-10-8-4-2-1-3-7(8)5-6-9(10)24/h1-6,24H,(H4,15,16,17,18,20). The number of azo groups is 1. The molecule has 0 saturated carbocycles. The summed E-state index contributed by atoms with van der Waals surface area (Å²) in [5, 5.41) is 27.6. The second-order valence-electron chi connectivity index (χ2n) is 4.93. The van der Waals surface area contributed by atoms with Crippen molar-refractivity contribution in [3.63, 3.8) is 0 Å². The summed E-state index contributed by atoms with van der Waals surface area (Å²) in [5.74, 6) is 0.270. The van der Waals surface area contributed by atoms with Gasteiger partial charge in [-0.05, 0) is 11.5 Å². The summed E-state index contributed by atoms with van der Waals surface area (Å²) < 4.78 is 1.31. The maximum Gasteiger partial charge on any atom is 0.278 e. The summed E-state index contributed by atoms with van der Waals surface area (Å²) in [5.41, 5.74) is 11.6. The summed E-state index contributed by atoms with van der Waals surface area (Å²) in [6.45, 7) is 0. The SMILES string of the molecule is Nc1nc(N)n2c(N=Nc3c(O)ccc4ccccc34)nnc2n1. The largest absolute Gasteiger partial charge is 0.506 e. The Morgan fingerprint density at radius 1 is 0.958 bits per heavy atom. The predicted molar refractivity (Wildman–Crippen MR) is 87.2 cm³/mol. The minimum atomic E-state index is -0.0115. The van der Waals surface area contributed by atoms with Crippen LogP contribution in [0.15, 0.2) is 46.6 Å². The van der Waals surface area contributed by atoms with E-state index < -0.39 is 0 Å². The molecule has 0 saturated heterocycles. The fourth-order valence-electron chi connectivity index (χ4n) is 2.35. The van der Waals surface area contributed by atoms with Crippen molar-refractivity contribution in [2.24, 2.45) is 10.2 Å². The first kappa shape index (κ1) is 13.8. The first-order chi connectivity index (χ1) is 11.6. The number of phenolic OH excluding ortho intramolecular Hbond substituents is 1. The van der Waals surface area contributed by atoms with E-state index in [4.69, 9.17) is 11.5 Å². The molecular formula is C14H11N9O. The molecule has 5 N–H and O–H groups in total. The summed E-state index contributed by atoms with van der Waals surface area (Å²) in [7, 11) is 0. The van der Waals surface area contributed by atoms with Gasteiger partial charge < -0.3 is 16.6 Å². The number of nitrogen functional groups attached to an aromatic ring is 2. The Morgan fingerprint density at radius 3 is 2.67 bits per heavy atom. The van der Waals surface area contributed by atoms with Gasteiger partial charge in [0, 0.05) is 5.39 Å².